The van der Waals surface area contributed by atoms with Gasteiger partial charge in [-0.25, -0.2) is 15.0 Å². The third-order valence-corrected chi connectivity index (χ3v) is 3.88. The number of hydrogen-bond acceptors (Lipinski definition) is 6. The van der Waals surface area contributed by atoms with Crippen LogP contribution in [0.2, 0.25) is 0 Å². The predicted molar refractivity (Wildman–Crippen MR) is 84.7 cm³/mol. The summed E-state index contributed by atoms with van der Waals surface area (Å²) in [5.74, 6) is 0.823. The molecular weight excluding hydrogens is 294 g/mol. The Labute approximate surface area is 135 Å². The number of carbonyl (C=O) groups excluding carboxylic acids is 1. The van der Waals surface area contributed by atoms with Gasteiger partial charge in [0.05, 0.1) is 0 Å². The second kappa shape index (κ2) is 7.66. The van der Waals surface area contributed by atoms with Crippen molar-refractivity contribution in [1.82, 2.24) is 30.0 Å². The first-order valence-electron chi connectivity index (χ1n) is 7.95. The highest BCUT2D eigenvalue weighted by atomic mass is 16.1. The maximum absolute atomic E-state index is 12.1. The molecule has 1 amide bonds. The first kappa shape index (κ1) is 15.4. The molecule has 23 heavy (non-hydrogen) atoms. The highest BCUT2D eigenvalue weighted by Crippen LogP contribution is 2.15. The van der Waals surface area contributed by atoms with Gasteiger partial charge in [-0.2, -0.15) is 5.10 Å². The summed E-state index contributed by atoms with van der Waals surface area (Å²) in [5, 5.41) is 7.14. The number of carbonyl (C=O) groups is 1. The van der Waals surface area contributed by atoms with Crippen LogP contribution in [0.25, 0.3) is 0 Å². The molecule has 3 rings (SSSR count). The highest BCUT2D eigenvalue weighted by Gasteiger charge is 2.22. The van der Waals surface area contributed by atoms with Crippen molar-refractivity contribution >= 4 is 11.9 Å². The van der Waals surface area contributed by atoms with Crippen molar-refractivity contribution in [2.75, 3.05) is 18.0 Å². The molecule has 8 heteroatoms. The predicted octanol–water partition coefficient (Wildman–Crippen LogP) is 0.633. The molecule has 0 bridgehead atoms. The lowest BCUT2D eigenvalue weighted by atomic mass is 10.1. The topological polar surface area (TPSA) is 88.8 Å². The smallest absolute Gasteiger partial charge is 0.225 e. The van der Waals surface area contributed by atoms with Crippen molar-refractivity contribution in [3.05, 3.63) is 31.1 Å². The molecule has 0 aliphatic carbocycles. The van der Waals surface area contributed by atoms with E-state index in [4.69, 9.17) is 0 Å². The summed E-state index contributed by atoms with van der Waals surface area (Å²) >= 11 is 0. The van der Waals surface area contributed by atoms with E-state index in [-0.39, 0.29) is 11.9 Å². The van der Waals surface area contributed by atoms with Gasteiger partial charge in [-0.05, 0) is 25.3 Å². The maximum atomic E-state index is 12.1. The summed E-state index contributed by atoms with van der Waals surface area (Å²) in [5.41, 5.74) is 0. The van der Waals surface area contributed by atoms with Gasteiger partial charge in [0, 0.05) is 44.5 Å². The molecule has 1 fully saturated rings. The number of nitrogens with zero attached hydrogens (tertiary/aromatic N) is 6. The third kappa shape index (κ3) is 4.48. The van der Waals surface area contributed by atoms with Gasteiger partial charge < -0.3 is 10.2 Å². The standard InChI is InChI=1S/C15H21N7O/c23-14(5-2-9-22-12-16-11-19-22)20-13-4-1-8-21(10-13)15-17-6-3-7-18-15/h3,6-7,11-13H,1-2,4-5,8-10H2,(H,20,23). The minimum atomic E-state index is 0.0888. The second-order valence-electron chi connectivity index (χ2n) is 5.66. The fourth-order valence-corrected chi connectivity index (χ4v) is 2.78. The van der Waals surface area contributed by atoms with Gasteiger partial charge in [-0.3, -0.25) is 9.48 Å². The summed E-state index contributed by atoms with van der Waals surface area (Å²) < 4.78 is 1.74. The van der Waals surface area contributed by atoms with Crippen molar-refractivity contribution < 1.29 is 4.79 Å². The summed E-state index contributed by atoms with van der Waals surface area (Å²) in [6.07, 6.45) is 9.94. The van der Waals surface area contributed by atoms with E-state index in [1.54, 1.807) is 23.4 Å². The van der Waals surface area contributed by atoms with Crippen molar-refractivity contribution in [2.24, 2.45) is 0 Å². The number of aryl methyl sites for hydroxylation is 1. The zero-order valence-corrected chi connectivity index (χ0v) is 13.0. The first-order valence-corrected chi connectivity index (χ1v) is 7.95. The van der Waals surface area contributed by atoms with Gasteiger partial charge in [-0.15, -0.1) is 0 Å². The number of rotatable bonds is 6. The number of amides is 1. The van der Waals surface area contributed by atoms with Crippen LogP contribution in [0, 0.1) is 0 Å². The molecule has 2 aromatic heterocycles. The zero-order chi connectivity index (χ0) is 15.9. The minimum Gasteiger partial charge on any atom is -0.352 e. The number of nitrogens with one attached hydrogen (secondary N) is 1. The van der Waals surface area contributed by atoms with Crippen LogP contribution in [0.3, 0.4) is 0 Å². The van der Waals surface area contributed by atoms with E-state index in [2.05, 4.69) is 30.3 Å². The molecule has 0 spiro atoms. The van der Waals surface area contributed by atoms with E-state index in [1.165, 1.54) is 6.33 Å². The molecule has 1 N–H and O–H groups in total. The van der Waals surface area contributed by atoms with E-state index >= 15 is 0 Å². The Kier molecular flexibility index (Phi) is 5.13. The monoisotopic (exact) mass is 315 g/mol. The fraction of sp³-hybridized carbons (Fsp3) is 0.533. The van der Waals surface area contributed by atoms with Crippen LogP contribution in [0.15, 0.2) is 31.1 Å². The Morgan fingerprint density at radius 3 is 3.00 bits per heavy atom. The molecule has 1 aliphatic rings. The largest absolute Gasteiger partial charge is 0.352 e. The van der Waals surface area contributed by atoms with Crippen molar-refractivity contribution in [1.29, 1.82) is 0 Å². The van der Waals surface area contributed by atoms with Gasteiger partial charge >= 0.3 is 0 Å². The Hall–Kier alpha value is -2.51. The highest BCUT2D eigenvalue weighted by molar-refractivity contribution is 5.76. The number of aromatic nitrogens is 5. The van der Waals surface area contributed by atoms with E-state index in [0.29, 0.717) is 13.0 Å². The fourth-order valence-electron chi connectivity index (χ4n) is 2.78. The van der Waals surface area contributed by atoms with Crippen molar-refractivity contribution in [3.8, 4) is 0 Å². The van der Waals surface area contributed by atoms with Gasteiger partial charge in [0.15, 0.2) is 0 Å². The van der Waals surface area contributed by atoms with E-state index in [1.807, 2.05) is 6.07 Å². The van der Waals surface area contributed by atoms with Crippen LogP contribution in [-0.4, -0.2) is 49.8 Å². The van der Waals surface area contributed by atoms with E-state index < -0.39 is 0 Å². The molecule has 1 unspecified atom stereocenters. The molecule has 1 saturated heterocycles. The van der Waals surface area contributed by atoms with Crippen LogP contribution >= 0.6 is 0 Å². The van der Waals surface area contributed by atoms with E-state index in [9.17, 15) is 4.79 Å². The molecule has 122 valence electrons. The molecule has 2 aromatic rings. The van der Waals surface area contributed by atoms with Crippen LogP contribution in [0.1, 0.15) is 25.7 Å². The molecule has 0 saturated carbocycles. The SMILES string of the molecule is O=C(CCCn1cncn1)NC1CCCN(c2ncccn2)C1. The molecule has 0 aromatic carbocycles. The third-order valence-electron chi connectivity index (χ3n) is 3.88. The lowest BCUT2D eigenvalue weighted by Crippen LogP contribution is -2.48. The van der Waals surface area contributed by atoms with Crippen LogP contribution in [-0.2, 0) is 11.3 Å². The Morgan fingerprint density at radius 1 is 1.35 bits per heavy atom. The number of anilines is 1. The molecule has 1 aliphatic heterocycles. The van der Waals surface area contributed by atoms with Gasteiger partial charge in [-0.1, -0.05) is 0 Å². The first-order chi connectivity index (χ1) is 11.3. The zero-order valence-electron chi connectivity index (χ0n) is 13.0. The minimum absolute atomic E-state index is 0.0888. The van der Waals surface area contributed by atoms with E-state index in [0.717, 1.165) is 38.3 Å². The average molecular weight is 315 g/mol. The lowest BCUT2D eigenvalue weighted by molar-refractivity contribution is -0.122. The van der Waals surface area contributed by atoms with Crippen LogP contribution < -0.4 is 10.2 Å². The normalized spacial score (nSPS) is 17.9. The Morgan fingerprint density at radius 2 is 2.22 bits per heavy atom. The van der Waals surface area contributed by atoms with Crippen LogP contribution in [0.5, 0.6) is 0 Å². The van der Waals surface area contributed by atoms with Crippen molar-refractivity contribution in [3.63, 3.8) is 0 Å². The molecular formula is C15H21N7O. The lowest BCUT2D eigenvalue weighted by Gasteiger charge is -2.33. The average Bonchev–Trinajstić information content (AvgIpc) is 3.09. The van der Waals surface area contributed by atoms with Gasteiger partial charge in [0.25, 0.3) is 0 Å². The summed E-state index contributed by atoms with van der Waals surface area (Å²) in [6, 6.07) is 1.97. The van der Waals surface area contributed by atoms with Gasteiger partial charge in [0.1, 0.15) is 12.7 Å². The molecule has 1 atom stereocenters. The van der Waals surface area contributed by atoms with Crippen molar-refractivity contribution in [2.45, 2.75) is 38.3 Å². The quantitative estimate of drug-likeness (QED) is 0.841. The molecule has 3 heterocycles. The number of hydrogen-bond donors (Lipinski definition) is 1. The molecule has 0 radical (unpaired) electrons. The summed E-state index contributed by atoms with van der Waals surface area (Å²) in [4.78, 5) is 26.7. The Bertz CT molecular complexity index is 602. The molecule has 8 nitrogen and oxygen atoms in total. The summed E-state index contributed by atoms with van der Waals surface area (Å²) in [7, 11) is 0. The van der Waals surface area contributed by atoms with Crippen LogP contribution in [0.4, 0.5) is 5.95 Å². The number of piperidine rings is 1. The van der Waals surface area contributed by atoms with Gasteiger partial charge in [0.2, 0.25) is 11.9 Å². The second-order valence-corrected chi connectivity index (χ2v) is 5.66. The maximum Gasteiger partial charge on any atom is 0.225 e. The Balaban J connectivity index is 1.43. The summed E-state index contributed by atoms with van der Waals surface area (Å²) in [6.45, 7) is 2.41.